The van der Waals surface area contributed by atoms with E-state index >= 15 is 0 Å². The van der Waals surface area contributed by atoms with E-state index in [0.717, 1.165) is 18.4 Å². The van der Waals surface area contributed by atoms with Crippen LogP contribution in [0.5, 0.6) is 0 Å². The van der Waals surface area contributed by atoms with Gasteiger partial charge in [-0.1, -0.05) is 30.3 Å². The van der Waals surface area contributed by atoms with Crippen LogP contribution in [0.1, 0.15) is 55.5 Å². The first-order valence-corrected chi connectivity index (χ1v) is 13.2. The van der Waals surface area contributed by atoms with E-state index in [4.69, 9.17) is 15.9 Å². The van der Waals surface area contributed by atoms with Crippen molar-refractivity contribution in [3.63, 3.8) is 0 Å². The van der Waals surface area contributed by atoms with Gasteiger partial charge in [0.05, 0.1) is 17.6 Å². The molecule has 0 aliphatic carbocycles. The van der Waals surface area contributed by atoms with Gasteiger partial charge in [-0.2, -0.15) is 0 Å². The summed E-state index contributed by atoms with van der Waals surface area (Å²) in [5.41, 5.74) is 7.06. The normalized spacial score (nSPS) is 14.5. The van der Waals surface area contributed by atoms with Crippen molar-refractivity contribution in [2.75, 3.05) is 19.7 Å². The number of nitrogens with zero attached hydrogens (tertiary/aromatic N) is 3. The zero-order valence-corrected chi connectivity index (χ0v) is 23.0. The molecule has 1 fully saturated rings. The molecule has 11 heteroatoms. The predicted octanol–water partition coefficient (Wildman–Crippen LogP) is 1.72. The van der Waals surface area contributed by atoms with Crippen molar-refractivity contribution in [3.05, 3.63) is 75.2 Å². The lowest BCUT2D eigenvalue weighted by atomic mass is 9.89. The standard InChI is InChI=1S/C29H34N6O5/c1-4-40-25(37)17-24(36)33-29(2,28(39)35-13-5-6-14-35)20-11-12-23-21(16-20)32-22(27(38)34(23)3)15-18-7-9-19(10-8-18)26(30)31/h7-12,16H,4-6,13-15,17H2,1-3H3,(H3,30,31)(H,33,36). The van der Waals surface area contributed by atoms with Crippen LogP contribution in [0.15, 0.2) is 47.3 Å². The minimum atomic E-state index is -1.47. The number of amidine groups is 1. The number of aryl methyl sites for hydroxylation is 1. The van der Waals surface area contributed by atoms with Gasteiger partial charge in [0.25, 0.3) is 11.5 Å². The third kappa shape index (κ3) is 5.88. The Kier molecular flexibility index (Phi) is 8.32. The fourth-order valence-electron chi connectivity index (χ4n) is 4.97. The summed E-state index contributed by atoms with van der Waals surface area (Å²) in [5, 5.41) is 10.3. The number of carbonyl (C=O) groups is 3. The molecular weight excluding hydrogens is 512 g/mol. The summed E-state index contributed by atoms with van der Waals surface area (Å²) >= 11 is 0. The molecule has 2 heterocycles. The summed E-state index contributed by atoms with van der Waals surface area (Å²) in [4.78, 5) is 58.0. The molecule has 210 valence electrons. The maximum Gasteiger partial charge on any atom is 0.315 e. The minimum absolute atomic E-state index is 0.0419. The number of nitrogens with one attached hydrogen (secondary N) is 2. The number of benzene rings is 2. The van der Waals surface area contributed by atoms with Gasteiger partial charge in [-0.3, -0.25) is 24.6 Å². The lowest BCUT2D eigenvalue weighted by Crippen LogP contribution is -2.55. The molecular formula is C29H34N6O5. The fraction of sp³-hybridized carbons (Fsp3) is 0.379. The second kappa shape index (κ2) is 11.7. The highest BCUT2D eigenvalue weighted by Gasteiger charge is 2.41. The van der Waals surface area contributed by atoms with Gasteiger partial charge >= 0.3 is 5.97 Å². The largest absolute Gasteiger partial charge is 0.466 e. The molecule has 4 N–H and O–H groups in total. The molecule has 0 spiro atoms. The minimum Gasteiger partial charge on any atom is -0.466 e. The molecule has 0 saturated carbocycles. The number of nitrogen functional groups attached to an aromatic ring is 1. The molecule has 1 aliphatic heterocycles. The topological polar surface area (TPSA) is 160 Å². The van der Waals surface area contributed by atoms with Gasteiger partial charge in [0, 0.05) is 32.1 Å². The highest BCUT2D eigenvalue weighted by molar-refractivity contribution is 5.99. The maximum atomic E-state index is 13.8. The van der Waals surface area contributed by atoms with Crippen LogP contribution in [0, 0.1) is 5.41 Å². The number of hydrogen-bond donors (Lipinski definition) is 3. The smallest absolute Gasteiger partial charge is 0.315 e. The van der Waals surface area contributed by atoms with Crippen LogP contribution in [-0.2, 0) is 38.1 Å². The number of nitrogens with two attached hydrogens (primary N) is 1. The van der Waals surface area contributed by atoms with Gasteiger partial charge in [0.1, 0.15) is 23.5 Å². The Balaban J connectivity index is 1.73. The molecule has 0 bridgehead atoms. The Morgan fingerprint density at radius 3 is 2.42 bits per heavy atom. The van der Waals surface area contributed by atoms with E-state index in [9.17, 15) is 19.2 Å². The summed E-state index contributed by atoms with van der Waals surface area (Å²) in [6, 6.07) is 12.1. The second-order valence-corrected chi connectivity index (χ2v) is 10.1. The van der Waals surface area contributed by atoms with Crippen LogP contribution >= 0.6 is 0 Å². The SMILES string of the molecule is CCOC(=O)CC(=O)NC(C)(C(=O)N1CCCC1)c1ccc2c(c1)nc(Cc1ccc(C(=N)N)cc1)c(=O)n2C. The monoisotopic (exact) mass is 546 g/mol. The van der Waals surface area contributed by atoms with E-state index in [1.165, 1.54) is 4.57 Å². The van der Waals surface area contributed by atoms with Gasteiger partial charge in [0.15, 0.2) is 0 Å². The zero-order valence-electron chi connectivity index (χ0n) is 23.0. The number of esters is 1. The maximum absolute atomic E-state index is 13.8. The summed E-state index contributed by atoms with van der Waals surface area (Å²) in [5.74, 6) is -1.62. The summed E-state index contributed by atoms with van der Waals surface area (Å²) in [6.45, 7) is 4.58. The predicted molar refractivity (Wildman–Crippen MR) is 150 cm³/mol. The van der Waals surface area contributed by atoms with Crippen LogP contribution in [0.2, 0.25) is 0 Å². The van der Waals surface area contributed by atoms with Crippen LogP contribution in [0.25, 0.3) is 11.0 Å². The van der Waals surface area contributed by atoms with Crippen LogP contribution in [0.4, 0.5) is 0 Å². The van der Waals surface area contributed by atoms with Gasteiger partial charge in [-0.25, -0.2) is 4.98 Å². The Morgan fingerprint density at radius 1 is 1.12 bits per heavy atom. The van der Waals surface area contributed by atoms with Crippen molar-refractivity contribution in [2.45, 2.75) is 45.1 Å². The second-order valence-electron chi connectivity index (χ2n) is 10.1. The number of likely N-dealkylation sites (tertiary alicyclic amines) is 1. The third-order valence-corrected chi connectivity index (χ3v) is 7.18. The summed E-state index contributed by atoms with van der Waals surface area (Å²) < 4.78 is 6.41. The number of aromatic nitrogens is 2. The first kappa shape index (κ1) is 28.5. The van der Waals surface area contributed by atoms with Gasteiger partial charge in [-0.05, 0) is 49.9 Å². The Morgan fingerprint density at radius 2 is 1.80 bits per heavy atom. The van der Waals surface area contributed by atoms with E-state index in [1.807, 2.05) is 0 Å². The van der Waals surface area contributed by atoms with Crippen molar-refractivity contribution >= 4 is 34.7 Å². The van der Waals surface area contributed by atoms with Crippen molar-refractivity contribution in [2.24, 2.45) is 12.8 Å². The van der Waals surface area contributed by atoms with Crippen LogP contribution < -0.4 is 16.6 Å². The molecule has 40 heavy (non-hydrogen) atoms. The summed E-state index contributed by atoms with van der Waals surface area (Å²) in [7, 11) is 1.66. The molecule has 1 saturated heterocycles. The lowest BCUT2D eigenvalue weighted by molar-refractivity contribution is -0.148. The Labute approximate surface area is 231 Å². The first-order valence-electron chi connectivity index (χ1n) is 13.2. The van der Waals surface area contributed by atoms with Crippen molar-refractivity contribution in [1.82, 2.24) is 19.8 Å². The molecule has 1 aromatic heterocycles. The van der Waals surface area contributed by atoms with Crippen molar-refractivity contribution in [1.29, 1.82) is 5.41 Å². The highest BCUT2D eigenvalue weighted by Crippen LogP contribution is 2.28. The van der Waals surface area contributed by atoms with Gasteiger partial charge in [0.2, 0.25) is 5.91 Å². The van der Waals surface area contributed by atoms with E-state index in [1.54, 1.807) is 68.3 Å². The molecule has 2 amide bonds. The van der Waals surface area contributed by atoms with Gasteiger partial charge < -0.3 is 25.3 Å². The number of hydrogen-bond acceptors (Lipinski definition) is 7. The first-order chi connectivity index (χ1) is 19.0. The van der Waals surface area contributed by atoms with Gasteiger partial charge in [-0.15, -0.1) is 0 Å². The number of rotatable bonds is 9. The van der Waals surface area contributed by atoms with Crippen LogP contribution in [-0.4, -0.2) is 57.8 Å². The van der Waals surface area contributed by atoms with E-state index < -0.39 is 23.8 Å². The molecule has 2 aromatic carbocycles. The van der Waals surface area contributed by atoms with E-state index in [0.29, 0.717) is 40.9 Å². The third-order valence-electron chi connectivity index (χ3n) is 7.18. The molecule has 1 atom stereocenters. The molecule has 1 unspecified atom stereocenters. The zero-order chi connectivity index (χ0) is 29.0. The molecule has 1 aliphatic rings. The highest BCUT2D eigenvalue weighted by atomic mass is 16.5. The fourth-order valence-corrected chi connectivity index (χ4v) is 4.97. The quantitative estimate of drug-likeness (QED) is 0.159. The summed E-state index contributed by atoms with van der Waals surface area (Å²) in [6.07, 6.45) is 1.49. The Bertz CT molecular complexity index is 1520. The van der Waals surface area contributed by atoms with Crippen molar-refractivity contribution in [3.8, 4) is 0 Å². The number of amides is 2. The average molecular weight is 547 g/mol. The van der Waals surface area contributed by atoms with Crippen LogP contribution in [0.3, 0.4) is 0 Å². The molecule has 4 rings (SSSR count). The van der Waals surface area contributed by atoms with Crippen molar-refractivity contribution < 1.29 is 19.1 Å². The lowest BCUT2D eigenvalue weighted by Gasteiger charge is -2.34. The van der Waals surface area contributed by atoms with E-state index in [-0.39, 0.29) is 30.3 Å². The molecule has 11 nitrogen and oxygen atoms in total. The molecule has 3 aromatic rings. The Hall–Kier alpha value is -4.54. The van der Waals surface area contributed by atoms with E-state index in [2.05, 4.69) is 10.3 Å². The number of ether oxygens (including phenoxy) is 1. The number of fused-ring (bicyclic) bond motifs is 1. The number of carbonyl (C=O) groups excluding carboxylic acids is 3. The molecule has 0 radical (unpaired) electrons. The average Bonchev–Trinajstić information content (AvgIpc) is 3.46.